The van der Waals surface area contributed by atoms with Crippen molar-refractivity contribution in [1.29, 1.82) is 5.26 Å². The number of ketones is 1. The molecular formula is C16H17NO3. The summed E-state index contributed by atoms with van der Waals surface area (Å²) in [5.74, 6) is -0.465. The van der Waals surface area contributed by atoms with Crippen molar-refractivity contribution in [3.63, 3.8) is 0 Å². The zero-order chi connectivity index (χ0) is 14.6. The molecule has 0 heterocycles. The molecule has 104 valence electrons. The molecule has 1 fully saturated rings. The monoisotopic (exact) mass is 271 g/mol. The van der Waals surface area contributed by atoms with E-state index in [-0.39, 0.29) is 12.4 Å². The Morgan fingerprint density at radius 1 is 1.35 bits per heavy atom. The average molecular weight is 271 g/mol. The van der Waals surface area contributed by atoms with E-state index < -0.39 is 11.4 Å². The molecule has 1 aromatic rings. The van der Waals surface area contributed by atoms with E-state index in [1.54, 1.807) is 24.3 Å². The van der Waals surface area contributed by atoms with E-state index in [2.05, 4.69) is 6.07 Å². The van der Waals surface area contributed by atoms with Crippen LogP contribution in [-0.2, 0) is 16.1 Å². The van der Waals surface area contributed by atoms with Gasteiger partial charge in [-0.15, -0.1) is 0 Å². The smallest absolute Gasteiger partial charge is 0.326 e. The van der Waals surface area contributed by atoms with Crippen LogP contribution in [0.1, 0.15) is 48.5 Å². The van der Waals surface area contributed by atoms with Gasteiger partial charge in [0.1, 0.15) is 6.61 Å². The van der Waals surface area contributed by atoms with Gasteiger partial charge >= 0.3 is 5.97 Å². The van der Waals surface area contributed by atoms with Gasteiger partial charge in [0.15, 0.2) is 11.2 Å². The molecule has 0 bridgehead atoms. The van der Waals surface area contributed by atoms with E-state index in [1.807, 2.05) is 0 Å². The van der Waals surface area contributed by atoms with Crippen LogP contribution in [0.2, 0.25) is 0 Å². The van der Waals surface area contributed by atoms with E-state index in [4.69, 9.17) is 4.74 Å². The van der Waals surface area contributed by atoms with Crippen LogP contribution in [0.5, 0.6) is 0 Å². The maximum absolute atomic E-state index is 12.1. The van der Waals surface area contributed by atoms with Crippen molar-refractivity contribution in [3.05, 3.63) is 35.4 Å². The van der Waals surface area contributed by atoms with Crippen molar-refractivity contribution in [3.8, 4) is 6.07 Å². The highest BCUT2D eigenvalue weighted by molar-refractivity contribution is 5.94. The predicted octanol–water partition coefficient (Wildman–Crippen LogP) is 3.02. The third-order valence-corrected chi connectivity index (χ3v) is 3.77. The van der Waals surface area contributed by atoms with Gasteiger partial charge < -0.3 is 4.74 Å². The number of carbonyl (C=O) groups is 2. The Kier molecular flexibility index (Phi) is 4.19. The number of hydrogen-bond acceptors (Lipinski definition) is 4. The van der Waals surface area contributed by atoms with E-state index in [0.717, 1.165) is 18.4 Å². The summed E-state index contributed by atoms with van der Waals surface area (Å²) in [7, 11) is 0. The summed E-state index contributed by atoms with van der Waals surface area (Å²) in [6.45, 7) is 1.59. The van der Waals surface area contributed by atoms with Gasteiger partial charge in [-0.1, -0.05) is 31.0 Å². The first kappa shape index (κ1) is 14.3. The number of carbonyl (C=O) groups excluding carboxylic acids is 2. The number of esters is 1. The zero-order valence-corrected chi connectivity index (χ0v) is 11.5. The van der Waals surface area contributed by atoms with Crippen molar-refractivity contribution in [2.24, 2.45) is 5.41 Å². The lowest BCUT2D eigenvalue weighted by Gasteiger charge is -2.18. The summed E-state index contributed by atoms with van der Waals surface area (Å²) in [6, 6.07) is 9.11. The zero-order valence-electron chi connectivity index (χ0n) is 11.5. The fourth-order valence-corrected chi connectivity index (χ4v) is 2.51. The molecule has 4 nitrogen and oxygen atoms in total. The quantitative estimate of drug-likeness (QED) is 0.623. The van der Waals surface area contributed by atoms with Crippen molar-refractivity contribution >= 4 is 11.8 Å². The Hall–Kier alpha value is -2.15. The standard InChI is InChI=1S/C16H17NO3/c1-12(18)14-6-4-5-13(9-14)10-20-15(19)16(11-17)7-2-3-8-16/h4-6,9H,2-3,7-8,10H2,1H3. The van der Waals surface area contributed by atoms with Crippen LogP contribution in [0.15, 0.2) is 24.3 Å². The van der Waals surface area contributed by atoms with Gasteiger partial charge in [0, 0.05) is 5.56 Å². The lowest BCUT2D eigenvalue weighted by atomic mass is 9.88. The van der Waals surface area contributed by atoms with Gasteiger partial charge in [-0.3, -0.25) is 9.59 Å². The maximum atomic E-state index is 12.1. The SMILES string of the molecule is CC(=O)c1cccc(COC(=O)C2(C#N)CCCC2)c1. The number of rotatable bonds is 4. The van der Waals surface area contributed by atoms with Gasteiger partial charge in [0.05, 0.1) is 6.07 Å². The molecule has 4 heteroatoms. The summed E-state index contributed by atoms with van der Waals surface area (Å²) >= 11 is 0. The highest BCUT2D eigenvalue weighted by atomic mass is 16.5. The first-order valence-corrected chi connectivity index (χ1v) is 6.76. The summed E-state index contributed by atoms with van der Waals surface area (Å²) in [6.07, 6.45) is 2.94. The molecular weight excluding hydrogens is 254 g/mol. The normalized spacial score (nSPS) is 16.4. The van der Waals surface area contributed by atoms with Crippen molar-refractivity contribution in [1.82, 2.24) is 0 Å². The van der Waals surface area contributed by atoms with Crippen LogP contribution < -0.4 is 0 Å². The summed E-state index contributed by atoms with van der Waals surface area (Å²) in [4.78, 5) is 23.4. The third kappa shape index (κ3) is 2.88. The lowest BCUT2D eigenvalue weighted by molar-refractivity contribution is -0.153. The first-order chi connectivity index (χ1) is 9.57. The molecule has 0 N–H and O–H groups in total. The predicted molar refractivity (Wildman–Crippen MR) is 72.8 cm³/mol. The second-order valence-electron chi connectivity index (χ2n) is 5.23. The Morgan fingerprint density at radius 2 is 2.05 bits per heavy atom. The fourth-order valence-electron chi connectivity index (χ4n) is 2.51. The molecule has 0 spiro atoms. The number of ether oxygens (including phenoxy) is 1. The molecule has 0 amide bonds. The minimum atomic E-state index is -0.960. The van der Waals surface area contributed by atoms with Gasteiger partial charge in [-0.05, 0) is 31.4 Å². The van der Waals surface area contributed by atoms with E-state index in [9.17, 15) is 14.9 Å². The minimum absolute atomic E-state index is 0.0255. The summed E-state index contributed by atoms with van der Waals surface area (Å²) in [5, 5.41) is 9.21. The molecule has 0 radical (unpaired) electrons. The molecule has 0 atom stereocenters. The van der Waals surface area contributed by atoms with E-state index in [1.165, 1.54) is 6.92 Å². The molecule has 1 saturated carbocycles. The number of Topliss-reactive ketones (excluding diaryl/α,β-unsaturated/α-hetero) is 1. The van der Waals surface area contributed by atoms with Crippen LogP contribution in [0, 0.1) is 16.7 Å². The van der Waals surface area contributed by atoms with Crippen molar-refractivity contribution in [2.75, 3.05) is 0 Å². The van der Waals surface area contributed by atoms with Gasteiger partial charge in [-0.2, -0.15) is 5.26 Å². The number of hydrogen-bond donors (Lipinski definition) is 0. The largest absolute Gasteiger partial charge is 0.460 e. The van der Waals surface area contributed by atoms with Gasteiger partial charge in [0.2, 0.25) is 0 Å². The molecule has 2 rings (SSSR count). The highest BCUT2D eigenvalue weighted by Crippen LogP contribution is 2.38. The summed E-state index contributed by atoms with van der Waals surface area (Å²) < 4.78 is 5.27. The van der Waals surface area contributed by atoms with Gasteiger partial charge in [-0.25, -0.2) is 0 Å². The second-order valence-corrected chi connectivity index (χ2v) is 5.23. The van der Waals surface area contributed by atoms with Crippen molar-refractivity contribution in [2.45, 2.75) is 39.2 Å². The van der Waals surface area contributed by atoms with Crippen LogP contribution in [-0.4, -0.2) is 11.8 Å². The van der Waals surface area contributed by atoms with Crippen LogP contribution >= 0.6 is 0 Å². The third-order valence-electron chi connectivity index (χ3n) is 3.77. The lowest BCUT2D eigenvalue weighted by Crippen LogP contribution is -2.28. The Bertz CT molecular complexity index is 565. The maximum Gasteiger partial charge on any atom is 0.326 e. The Morgan fingerprint density at radius 3 is 2.65 bits per heavy atom. The van der Waals surface area contributed by atoms with Gasteiger partial charge in [0.25, 0.3) is 0 Å². The number of benzene rings is 1. The molecule has 0 unspecified atom stereocenters. The van der Waals surface area contributed by atoms with Crippen LogP contribution in [0.25, 0.3) is 0 Å². The number of nitriles is 1. The Labute approximate surface area is 118 Å². The van der Waals surface area contributed by atoms with Crippen molar-refractivity contribution < 1.29 is 14.3 Å². The van der Waals surface area contributed by atoms with Crippen LogP contribution in [0.3, 0.4) is 0 Å². The molecule has 0 aliphatic heterocycles. The fraction of sp³-hybridized carbons (Fsp3) is 0.438. The minimum Gasteiger partial charge on any atom is -0.460 e. The topological polar surface area (TPSA) is 67.2 Å². The molecule has 20 heavy (non-hydrogen) atoms. The van der Waals surface area contributed by atoms with Crippen LogP contribution in [0.4, 0.5) is 0 Å². The first-order valence-electron chi connectivity index (χ1n) is 6.76. The average Bonchev–Trinajstić information content (AvgIpc) is 2.95. The number of nitrogens with zero attached hydrogens (tertiary/aromatic N) is 1. The highest BCUT2D eigenvalue weighted by Gasteiger charge is 2.43. The molecule has 1 aliphatic carbocycles. The Balaban J connectivity index is 2.02. The second kappa shape index (κ2) is 5.87. The van der Waals surface area contributed by atoms with E-state index >= 15 is 0 Å². The molecule has 0 saturated heterocycles. The van der Waals surface area contributed by atoms with E-state index in [0.29, 0.717) is 18.4 Å². The molecule has 1 aromatic carbocycles. The molecule has 0 aromatic heterocycles. The summed E-state index contributed by atoms with van der Waals surface area (Å²) in [5.41, 5.74) is 0.393. The molecule has 1 aliphatic rings.